The van der Waals surface area contributed by atoms with Crippen LogP contribution < -0.4 is 5.32 Å². The van der Waals surface area contributed by atoms with Crippen molar-refractivity contribution in [2.75, 3.05) is 5.32 Å². The van der Waals surface area contributed by atoms with E-state index in [1.54, 1.807) is 24.3 Å². The number of anilines is 1. The molecule has 1 aromatic heterocycles. The van der Waals surface area contributed by atoms with E-state index in [4.69, 9.17) is 23.2 Å². The number of benzene rings is 3. The highest BCUT2D eigenvalue weighted by Gasteiger charge is 2.19. The first-order chi connectivity index (χ1) is 14.4. The Bertz CT molecular complexity index is 1130. The van der Waals surface area contributed by atoms with Gasteiger partial charge in [0.2, 0.25) is 0 Å². The van der Waals surface area contributed by atoms with E-state index in [2.05, 4.69) is 15.5 Å². The van der Waals surface area contributed by atoms with Gasteiger partial charge in [-0.3, -0.25) is 0 Å². The van der Waals surface area contributed by atoms with Crippen LogP contribution in [-0.4, -0.2) is 21.0 Å². The summed E-state index contributed by atoms with van der Waals surface area (Å²) in [6.45, 7) is 3.96. The van der Waals surface area contributed by atoms with Crippen molar-refractivity contribution in [2.24, 2.45) is 0 Å². The summed E-state index contributed by atoms with van der Waals surface area (Å²) in [6.07, 6.45) is 0. The first kappa shape index (κ1) is 20.1. The van der Waals surface area contributed by atoms with Crippen molar-refractivity contribution in [2.45, 2.75) is 13.8 Å². The average molecular weight is 437 g/mol. The van der Waals surface area contributed by atoms with E-state index in [0.29, 0.717) is 27.1 Å². The molecule has 4 aromatic rings. The van der Waals surface area contributed by atoms with Crippen molar-refractivity contribution < 1.29 is 4.79 Å². The molecule has 0 fully saturated rings. The topological polar surface area (TPSA) is 59.8 Å². The predicted molar refractivity (Wildman–Crippen MR) is 121 cm³/mol. The maximum Gasteiger partial charge on any atom is 0.363 e. The molecule has 1 amide bonds. The number of hydrogen-bond acceptors (Lipinski definition) is 3. The molecule has 150 valence electrons. The van der Waals surface area contributed by atoms with Gasteiger partial charge in [-0.2, -0.15) is 0 Å². The Morgan fingerprint density at radius 3 is 1.63 bits per heavy atom. The van der Waals surface area contributed by atoms with Crippen LogP contribution in [0.5, 0.6) is 0 Å². The monoisotopic (exact) mass is 436 g/mol. The molecule has 0 aliphatic rings. The fraction of sp³-hybridized carbons (Fsp3) is 0.0870. The molecule has 5 nitrogen and oxygen atoms in total. The standard InChI is InChI=1S/C23H18Cl2N4O/c1-14-11-15(2)13-20(12-14)26-23(30)29-27-21(16-3-7-18(24)8-4-16)22(28-29)17-5-9-19(25)10-6-17/h3-13H,1-2H3,(H,26,30). The van der Waals surface area contributed by atoms with E-state index in [9.17, 15) is 4.79 Å². The van der Waals surface area contributed by atoms with Gasteiger partial charge in [0.15, 0.2) is 0 Å². The fourth-order valence-electron chi connectivity index (χ4n) is 3.22. The van der Waals surface area contributed by atoms with Gasteiger partial charge in [0, 0.05) is 26.9 Å². The summed E-state index contributed by atoms with van der Waals surface area (Å²) in [5, 5.41) is 13.0. The van der Waals surface area contributed by atoms with E-state index in [1.165, 1.54) is 0 Å². The van der Waals surface area contributed by atoms with E-state index < -0.39 is 6.03 Å². The van der Waals surface area contributed by atoms with Gasteiger partial charge in [0.1, 0.15) is 11.4 Å². The molecule has 0 unspecified atom stereocenters. The third-order valence-corrected chi connectivity index (χ3v) is 5.01. The molecule has 0 saturated heterocycles. The SMILES string of the molecule is Cc1cc(C)cc(NC(=O)n2nc(-c3ccc(Cl)cc3)c(-c3ccc(Cl)cc3)n2)c1. The Labute approximate surface area is 184 Å². The summed E-state index contributed by atoms with van der Waals surface area (Å²) in [7, 11) is 0. The number of rotatable bonds is 3. The second-order valence-corrected chi connectivity index (χ2v) is 7.88. The Morgan fingerprint density at radius 1 is 0.767 bits per heavy atom. The lowest BCUT2D eigenvalue weighted by molar-refractivity contribution is 0.248. The molecule has 30 heavy (non-hydrogen) atoms. The van der Waals surface area contributed by atoms with Crippen LogP contribution in [0.25, 0.3) is 22.5 Å². The van der Waals surface area contributed by atoms with Crippen LogP contribution >= 0.6 is 23.2 Å². The maximum absolute atomic E-state index is 12.9. The number of halogens is 2. The van der Waals surface area contributed by atoms with Gasteiger partial charge in [0.05, 0.1) is 0 Å². The lowest BCUT2D eigenvalue weighted by Gasteiger charge is -2.06. The number of aryl methyl sites for hydroxylation is 2. The van der Waals surface area contributed by atoms with Crippen LogP contribution in [0.15, 0.2) is 66.7 Å². The number of hydrogen-bond donors (Lipinski definition) is 1. The second kappa shape index (κ2) is 8.30. The Morgan fingerprint density at radius 2 is 1.20 bits per heavy atom. The second-order valence-electron chi connectivity index (χ2n) is 7.01. The smallest absolute Gasteiger partial charge is 0.305 e. The van der Waals surface area contributed by atoms with E-state index in [1.807, 2.05) is 56.3 Å². The third-order valence-electron chi connectivity index (χ3n) is 4.50. The first-order valence-corrected chi connectivity index (χ1v) is 10.0. The van der Waals surface area contributed by atoms with Crippen LogP contribution in [0.2, 0.25) is 10.0 Å². The predicted octanol–water partition coefficient (Wildman–Crippen LogP) is 6.62. The van der Waals surface area contributed by atoms with Crippen molar-refractivity contribution in [3.8, 4) is 22.5 Å². The van der Waals surface area contributed by atoms with Gasteiger partial charge in [0.25, 0.3) is 0 Å². The van der Waals surface area contributed by atoms with Crippen LogP contribution in [0.3, 0.4) is 0 Å². The molecular weight excluding hydrogens is 419 g/mol. The van der Waals surface area contributed by atoms with E-state index in [0.717, 1.165) is 27.1 Å². The summed E-state index contributed by atoms with van der Waals surface area (Å²) < 4.78 is 0. The Balaban J connectivity index is 1.75. The number of carbonyl (C=O) groups is 1. The highest BCUT2D eigenvalue weighted by Crippen LogP contribution is 2.30. The van der Waals surface area contributed by atoms with Gasteiger partial charge in [-0.05, 0) is 61.4 Å². The summed E-state index contributed by atoms with van der Waals surface area (Å²) in [5.74, 6) is 0. The van der Waals surface area contributed by atoms with Crippen LogP contribution in [0, 0.1) is 13.8 Å². The zero-order valence-corrected chi connectivity index (χ0v) is 17.9. The number of nitrogens with one attached hydrogen (secondary N) is 1. The van der Waals surface area contributed by atoms with Crippen LogP contribution in [0.4, 0.5) is 10.5 Å². The summed E-state index contributed by atoms with van der Waals surface area (Å²) in [4.78, 5) is 13.9. The van der Waals surface area contributed by atoms with Crippen molar-refractivity contribution in [1.29, 1.82) is 0 Å². The van der Waals surface area contributed by atoms with Gasteiger partial charge in [-0.25, -0.2) is 4.79 Å². The van der Waals surface area contributed by atoms with Gasteiger partial charge in [-0.1, -0.05) is 58.3 Å². The average Bonchev–Trinajstić information content (AvgIpc) is 3.14. The first-order valence-electron chi connectivity index (χ1n) is 9.28. The number of aromatic nitrogens is 3. The molecule has 0 aliphatic carbocycles. The minimum absolute atomic E-state index is 0.449. The molecule has 7 heteroatoms. The fourth-order valence-corrected chi connectivity index (χ4v) is 3.47. The lowest BCUT2D eigenvalue weighted by Crippen LogP contribution is -2.22. The molecule has 0 aliphatic heterocycles. The molecule has 1 N–H and O–H groups in total. The highest BCUT2D eigenvalue weighted by atomic mass is 35.5. The zero-order valence-electron chi connectivity index (χ0n) is 16.4. The maximum atomic E-state index is 12.9. The Hall–Kier alpha value is -3.15. The number of amides is 1. The van der Waals surface area contributed by atoms with Crippen LogP contribution in [0.1, 0.15) is 11.1 Å². The molecule has 0 atom stereocenters. The molecular formula is C23H18Cl2N4O. The van der Waals surface area contributed by atoms with Gasteiger partial charge in [-0.15, -0.1) is 10.2 Å². The van der Waals surface area contributed by atoms with E-state index in [-0.39, 0.29) is 0 Å². The zero-order chi connectivity index (χ0) is 21.3. The molecule has 4 rings (SSSR count). The third kappa shape index (κ3) is 4.37. The Kier molecular flexibility index (Phi) is 5.57. The quantitative estimate of drug-likeness (QED) is 0.392. The number of nitrogens with zero attached hydrogens (tertiary/aromatic N) is 3. The minimum Gasteiger partial charge on any atom is -0.305 e. The molecule has 3 aromatic carbocycles. The van der Waals surface area contributed by atoms with E-state index >= 15 is 0 Å². The van der Waals surface area contributed by atoms with Crippen molar-refractivity contribution >= 4 is 34.9 Å². The lowest BCUT2D eigenvalue weighted by atomic mass is 10.1. The minimum atomic E-state index is -0.449. The van der Waals surface area contributed by atoms with Gasteiger partial charge >= 0.3 is 6.03 Å². The normalized spacial score (nSPS) is 10.8. The molecule has 1 heterocycles. The molecule has 0 saturated carbocycles. The summed E-state index contributed by atoms with van der Waals surface area (Å²) in [5.41, 5.74) is 5.56. The summed E-state index contributed by atoms with van der Waals surface area (Å²) >= 11 is 12.0. The molecule has 0 bridgehead atoms. The van der Waals surface area contributed by atoms with Crippen molar-refractivity contribution in [3.05, 3.63) is 87.9 Å². The van der Waals surface area contributed by atoms with Crippen molar-refractivity contribution in [3.63, 3.8) is 0 Å². The largest absolute Gasteiger partial charge is 0.363 e. The number of carbonyl (C=O) groups excluding carboxylic acids is 1. The summed E-state index contributed by atoms with van der Waals surface area (Å²) in [6, 6.07) is 19.9. The van der Waals surface area contributed by atoms with Crippen molar-refractivity contribution in [1.82, 2.24) is 15.0 Å². The highest BCUT2D eigenvalue weighted by molar-refractivity contribution is 6.31. The molecule has 0 spiro atoms. The molecule has 0 radical (unpaired) electrons. The van der Waals surface area contributed by atoms with Gasteiger partial charge < -0.3 is 5.32 Å². The van der Waals surface area contributed by atoms with Crippen LogP contribution in [-0.2, 0) is 0 Å².